The first kappa shape index (κ1) is 16.8. The predicted octanol–water partition coefficient (Wildman–Crippen LogP) is 3.23. The first-order valence-corrected chi connectivity index (χ1v) is 6.87. The summed E-state index contributed by atoms with van der Waals surface area (Å²) in [5.74, 6) is -0.725. The number of hydrogen-bond donors (Lipinski definition) is 1. The molecule has 1 aromatic carbocycles. The summed E-state index contributed by atoms with van der Waals surface area (Å²) in [6, 6.07) is 12.7. The van der Waals surface area contributed by atoms with Gasteiger partial charge < -0.3 is 10.1 Å². The molecule has 0 fully saturated rings. The van der Waals surface area contributed by atoms with Crippen molar-refractivity contribution in [3.63, 3.8) is 0 Å². The van der Waals surface area contributed by atoms with Crippen LogP contribution in [0.1, 0.15) is 17.5 Å². The zero-order valence-electron chi connectivity index (χ0n) is 12.1. The second-order valence-corrected chi connectivity index (χ2v) is 4.85. The van der Waals surface area contributed by atoms with Gasteiger partial charge in [0.1, 0.15) is 13.0 Å². The number of alkyl halides is 3. The van der Waals surface area contributed by atoms with Crippen molar-refractivity contribution in [2.24, 2.45) is 0 Å². The summed E-state index contributed by atoms with van der Waals surface area (Å²) >= 11 is 0. The molecule has 1 aromatic heterocycles. The lowest BCUT2D eigenvalue weighted by Gasteiger charge is -2.09. The van der Waals surface area contributed by atoms with Crippen molar-refractivity contribution >= 4 is 5.91 Å². The van der Waals surface area contributed by atoms with E-state index in [4.69, 9.17) is 4.74 Å². The smallest absolute Gasteiger partial charge is 0.397 e. The van der Waals surface area contributed by atoms with Crippen LogP contribution < -0.4 is 10.1 Å². The van der Waals surface area contributed by atoms with Gasteiger partial charge in [0.15, 0.2) is 0 Å². The number of carbonyl (C=O) groups excluding carboxylic acids is 1. The third-order valence-corrected chi connectivity index (χ3v) is 2.88. The first-order chi connectivity index (χ1) is 10.9. The van der Waals surface area contributed by atoms with Crippen LogP contribution >= 0.6 is 0 Å². The molecule has 4 nitrogen and oxygen atoms in total. The van der Waals surface area contributed by atoms with Crippen LogP contribution in [0, 0.1) is 0 Å². The quantitative estimate of drug-likeness (QED) is 0.887. The molecule has 0 saturated heterocycles. The number of nitrogens with zero attached hydrogens (tertiary/aromatic N) is 1. The molecule has 7 heteroatoms. The Kier molecular flexibility index (Phi) is 5.56. The largest absolute Gasteiger partial charge is 0.473 e. The number of benzene rings is 1. The van der Waals surface area contributed by atoms with Crippen LogP contribution in [0.15, 0.2) is 48.7 Å². The Morgan fingerprint density at radius 2 is 1.87 bits per heavy atom. The molecule has 23 heavy (non-hydrogen) atoms. The summed E-state index contributed by atoms with van der Waals surface area (Å²) in [5, 5.41) is 2.21. The maximum absolute atomic E-state index is 12.1. The van der Waals surface area contributed by atoms with Crippen molar-refractivity contribution in [3.8, 4) is 5.88 Å². The normalized spacial score (nSPS) is 11.1. The standard InChI is InChI=1S/C16H15F3N2O2/c17-16(18,19)9-14(22)21-10-13-6-7-20-15(8-13)23-11-12-4-2-1-3-5-12/h1-8H,9-11H2,(H,21,22). The maximum Gasteiger partial charge on any atom is 0.397 e. The van der Waals surface area contributed by atoms with E-state index in [9.17, 15) is 18.0 Å². The van der Waals surface area contributed by atoms with Gasteiger partial charge >= 0.3 is 6.18 Å². The first-order valence-electron chi connectivity index (χ1n) is 6.87. The van der Waals surface area contributed by atoms with Gasteiger partial charge in [-0.2, -0.15) is 13.2 Å². The lowest BCUT2D eigenvalue weighted by atomic mass is 10.2. The highest BCUT2D eigenvalue weighted by Gasteiger charge is 2.30. The van der Waals surface area contributed by atoms with Gasteiger partial charge in [0, 0.05) is 18.8 Å². The zero-order chi connectivity index (χ0) is 16.7. The molecule has 0 bridgehead atoms. The second kappa shape index (κ2) is 7.62. The van der Waals surface area contributed by atoms with Crippen LogP contribution in [0.25, 0.3) is 0 Å². The lowest BCUT2D eigenvalue weighted by molar-refractivity contribution is -0.153. The fourth-order valence-corrected chi connectivity index (χ4v) is 1.82. The monoisotopic (exact) mass is 324 g/mol. The molecule has 0 saturated carbocycles. The molecule has 1 amide bonds. The van der Waals surface area contributed by atoms with E-state index in [0.29, 0.717) is 18.1 Å². The third kappa shape index (κ3) is 6.37. The Labute approximate surface area is 131 Å². The average Bonchev–Trinajstić information content (AvgIpc) is 2.51. The Balaban J connectivity index is 1.86. The minimum atomic E-state index is -4.51. The average molecular weight is 324 g/mol. The Hall–Kier alpha value is -2.57. The molecule has 0 atom stereocenters. The highest BCUT2D eigenvalue weighted by molar-refractivity contribution is 5.76. The number of amides is 1. The van der Waals surface area contributed by atoms with Crippen LogP contribution in [0.5, 0.6) is 5.88 Å². The van der Waals surface area contributed by atoms with Crippen molar-refractivity contribution < 1.29 is 22.7 Å². The van der Waals surface area contributed by atoms with Crippen molar-refractivity contribution in [1.29, 1.82) is 0 Å². The van der Waals surface area contributed by atoms with Crippen molar-refractivity contribution in [2.75, 3.05) is 0 Å². The Bertz CT molecular complexity index is 645. The van der Waals surface area contributed by atoms with E-state index >= 15 is 0 Å². The summed E-state index contributed by atoms with van der Waals surface area (Å²) in [6.45, 7) is 0.316. The topological polar surface area (TPSA) is 51.2 Å². The number of rotatable bonds is 6. The fraction of sp³-hybridized carbons (Fsp3) is 0.250. The SMILES string of the molecule is O=C(CC(F)(F)F)NCc1ccnc(OCc2ccccc2)c1. The van der Waals surface area contributed by atoms with Crippen LogP contribution in [0.4, 0.5) is 13.2 Å². The lowest BCUT2D eigenvalue weighted by Crippen LogP contribution is -2.28. The van der Waals surface area contributed by atoms with E-state index < -0.39 is 18.5 Å². The molecule has 0 aliphatic rings. The van der Waals surface area contributed by atoms with Crippen LogP contribution in [0.2, 0.25) is 0 Å². The van der Waals surface area contributed by atoms with E-state index in [2.05, 4.69) is 10.3 Å². The molecule has 0 spiro atoms. The van der Waals surface area contributed by atoms with E-state index in [1.165, 1.54) is 6.20 Å². The highest BCUT2D eigenvalue weighted by Crippen LogP contribution is 2.19. The number of nitrogens with one attached hydrogen (secondary N) is 1. The number of carbonyl (C=O) groups is 1. The Morgan fingerprint density at radius 3 is 2.57 bits per heavy atom. The van der Waals surface area contributed by atoms with E-state index in [0.717, 1.165) is 5.56 Å². The minimum Gasteiger partial charge on any atom is -0.473 e. The molecule has 122 valence electrons. The fourth-order valence-electron chi connectivity index (χ4n) is 1.82. The van der Waals surface area contributed by atoms with Gasteiger partial charge in [-0.3, -0.25) is 4.79 Å². The number of pyridine rings is 1. The number of aromatic nitrogens is 1. The summed E-state index contributed by atoms with van der Waals surface area (Å²) in [6.07, 6.45) is -4.52. The Morgan fingerprint density at radius 1 is 1.13 bits per heavy atom. The van der Waals surface area contributed by atoms with Gasteiger partial charge in [-0.1, -0.05) is 30.3 Å². The van der Waals surface area contributed by atoms with Crippen LogP contribution in [-0.4, -0.2) is 17.1 Å². The molecule has 1 N–H and O–H groups in total. The van der Waals surface area contributed by atoms with Crippen molar-refractivity contribution in [3.05, 3.63) is 59.8 Å². The molecular formula is C16H15F3N2O2. The van der Waals surface area contributed by atoms with Gasteiger partial charge in [-0.05, 0) is 17.2 Å². The number of hydrogen-bond acceptors (Lipinski definition) is 3. The molecule has 0 radical (unpaired) electrons. The van der Waals surface area contributed by atoms with E-state index in [-0.39, 0.29) is 6.54 Å². The summed E-state index contributed by atoms with van der Waals surface area (Å²) in [5.41, 5.74) is 1.58. The van der Waals surface area contributed by atoms with Crippen molar-refractivity contribution in [1.82, 2.24) is 10.3 Å². The third-order valence-electron chi connectivity index (χ3n) is 2.88. The second-order valence-electron chi connectivity index (χ2n) is 4.85. The van der Waals surface area contributed by atoms with Gasteiger partial charge in [-0.25, -0.2) is 4.98 Å². The highest BCUT2D eigenvalue weighted by atomic mass is 19.4. The van der Waals surface area contributed by atoms with Gasteiger partial charge in [0.2, 0.25) is 11.8 Å². The molecule has 0 unspecified atom stereocenters. The molecular weight excluding hydrogens is 309 g/mol. The van der Waals surface area contributed by atoms with Crippen LogP contribution in [-0.2, 0) is 17.9 Å². The number of halogens is 3. The van der Waals surface area contributed by atoms with E-state index in [1.54, 1.807) is 12.1 Å². The summed E-state index contributed by atoms with van der Waals surface area (Å²) in [4.78, 5) is 15.2. The van der Waals surface area contributed by atoms with Gasteiger partial charge in [0.25, 0.3) is 0 Å². The molecule has 0 aliphatic carbocycles. The van der Waals surface area contributed by atoms with E-state index in [1.807, 2.05) is 30.3 Å². The van der Waals surface area contributed by atoms with Gasteiger partial charge in [0.05, 0.1) is 0 Å². The number of ether oxygens (including phenoxy) is 1. The summed E-state index contributed by atoms with van der Waals surface area (Å²) < 4.78 is 41.7. The van der Waals surface area contributed by atoms with Crippen LogP contribution in [0.3, 0.4) is 0 Å². The zero-order valence-corrected chi connectivity index (χ0v) is 12.1. The van der Waals surface area contributed by atoms with Gasteiger partial charge in [-0.15, -0.1) is 0 Å². The minimum absolute atomic E-state index is 0.0148. The summed E-state index contributed by atoms with van der Waals surface area (Å²) in [7, 11) is 0. The maximum atomic E-state index is 12.1. The van der Waals surface area contributed by atoms with Crippen molar-refractivity contribution in [2.45, 2.75) is 25.7 Å². The molecule has 2 rings (SSSR count). The molecule has 2 aromatic rings. The molecule has 0 aliphatic heterocycles. The molecule has 1 heterocycles. The predicted molar refractivity (Wildman–Crippen MR) is 77.5 cm³/mol.